The molecule has 1 aliphatic rings. The maximum Gasteiger partial charge on any atom is 0.323 e. The lowest BCUT2D eigenvalue weighted by Gasteiger charge is -2.10. The molecular weight excluding hydrogens is 390 g/mol. The van der Waals surface area contributed by atoms with Crippen molar-refractivity contribution in [2.45, 2.75) is 13.8 Å². The predicted molar refractivity (Wildman–Crippen MR) is 111 cm³/mol. The third kappa shape index (κ3) is 3.42. The molecule has 8 heteroatoms. The SMILES string of the molecule is Cc1cc(/C=C2/SC(=O)N(CC(=O)O)C2=O)c(C)n1-c1ccc2ncccc2c1. The van der Waals surface area contributed by atoms with Crippen LogP contribution >= 0.6 is 11.8 Å². The van der Waals surface area contributed by atoms with Crippen LogP contribution < -0.4 is 0 Å². The van der Waals surface area contributed by atoms with Crippen LogP contribution in [0.5, 0.6) is 0 Å². The van der Waals surface area contributed by atoms with Crippen molar-refractivity contribution in [1.82, 2.24) is 14.5 Å². The molecule has 1 aromatic carbocycles. The lowest BCUT2D eigenvalue weighted by Crippen LogP contribution is -2.33. The van der Waals surface area contributed by atoms with Crippen molar-refractivity contribution in [3.05, 3.63) is 64.5 Å². The molecule has 0 unspecified atom stereocenters. The second kappa shape index (κ2) is 7.21. The number of benzene rings is 1. The molecular formula is C21H17N3O4S. The summed E-state index contributed by atoms with van der Waals surface area (Å²) in [6.07, 6.45) is 3.40. The summed E-state index contributed by atoms with van der Waals surface area (Å²) in [5.41, 5.74) is 4.57. The van der Waals surface area contributed by atoms with Crippen LogP contribution in [0.3, 0.4) is 0 Å². The van der Waals surface area contributed by atoms with E-state index in [1.165, 1.54) is 0 Å². The lowest BCUT2D eigenvalue weighted by atomic mass is 10.2. The molecule has 1 saturated heterocycles. The second-order valence-electron chi connectivity index (χ2n) is 6.70. The number of hydrogen-bond donors (Lipinski definition) is 1. The van der Waals surface area contributed by atoms with E-state index in [2.05, 4.69) is 9.55 Å². The Morgan fingerprint density at radius 1 is 1.21 bits per heavy atom. The molecule has 2 amide bonds. The van der Waals surface area contributed by atoms with Gasteiger partial charge in [0.2, 0.25) is 0 Å². The minimum Gasteiger partial charge on any atom is -0.480 e. The molecule has 0 radical (unpaired) electrons. The monoisotopic (exact) mass is 407 g/mol. The van der Waals surface area contributed by atoms with Gasteiger partial charge in [-0.1, -0.05) is 6.07 Å². The number of carboxylic acids is 1. The number of hydrogen-bond acceptors (Lipinski definition) is 5. The van der Waals surface area contributed by atoms with E-state index in [0.29, 0.717) is 0 Å². The molecule has 1 N–H and O–H groups in total. The van der Waals surface area contributed by atoms with Crippen LogP contribution in [0.2, 0.25) is 0 Å². The molecule has 29 heavy (non-hydrogen) atoms. The average Bonchev–Trinajstić information content (AvgIpc) is 3.11. The minimum atomic E-state index is -1.22. The molecule has 146 valence electrons. The zero-order chi connectivity index (χ0) is 20.7. The highest BCUT2D eigenvalue weighted by Crippen LogP contribution is 2.33. The van der Waals surface area contributed by atoms with E-state index in [-0.39, 0.29) is 4.91 Å². The molecule has 0 atom stereocenters. The van der Waals surface area contributed by atoms with E-state index < -0.39 is 23.7 Å². The van der Waals surface area contributed by atoms with Crippen molar-refractivity contribution in [1.29, 1.82) is 0 Å². The molecule has 0 aliphatic carbocycles. The van der Waals surface area contributed by atoms with Gasteiger partial charge in [-0.15, -0.1) is 0 Å². The summed E-state index contributed by atoms with van der Waals surface area (Å²) < 4.78 is 2.07. The standard InChI is InChI=1S/C21H17N3O4S/c1-12-8-15(10-18-20(27)23(11-19(25)26)21(28)29-18)13(2)24(12)16-5-6-17-14(9-16)4-3-7-22-17/h3-10H,11H2,1-2H3,(H,25,26)/b18-10+. The van der Waals surface area contributed by atoms with Crippen molar-refractivity contribution < 1.29 is 19.5 Å². The Bertz CT molecular complexity index is 1210. The molecule has 0 saturated carbocycles. The number of aryl methyl sites for hydroxylation is 1. The fourth-order valence-corrected chi connectivity index (χ4v) is 4.28. The number of nitrogens with zero attached hydrogens (tertiary/aromatic N) is 3. The highest BCUT2D eigenvalue weighted by atomic mass is 32.2. The summed E-state index contributed by atoms with van der Waals surface area (Å²) in [5.74, 6) is -1.80. The molecule has 1 aliphatic heterocycles. The van der Waals surface area contributed by atoms with Crippen LogP contribution in [-0.4, -0.2) is 43.2 Å². The van der Waals surface area contributed by atoms with Gasteiger partial charge in [0.1, 0.15) is 6.54 Å². The Morgan fingerprint density at radius 2 is 2.00 bits per heavy atom. The van der Waals surface area contributed by atoms with Gasteiger partial charge in [-0.2, -0.15) is 0 Å². The first-order valence-electron chi connectivity index (χ1n) is 8.86. The summed E-state index contributed by atoms with van der Waals surface area (Å²) in [6.45, 7) is 3.27. The van der Waals surface area contributed by atoms with Crippen molar-refractivity contribution in [3.63, 3.8) is 0 Å². The van der Waals surface area contributed by atoms with Crippen LogP contribution in [0.25, 0.3) is 22.7 Å². The van der Waals surface area contributed by atoms with Crippen LogP contribution in [0, 0.1) is 13.8 Å². The highest BCUT2D eigenvalue weighted by Gasteiger charge is 2.36. The van der Waals surface area contributed by atoms with Crippen LogP contribution in [0.1, 0.15) is 17.0 Å². The summed E-state index contributed by atoms with van der Waals surface area (Å²) in [4.78, 5) is 40.6. The zero-order valence-electron chi connectivity index (χ0n) is 15.7. The molecule has 1 fully saturated rings. The number of fused-ring (bicyclic) bond motifs is 1. The number of carbonyl (C=O) groups is 3. The van der Waals surface area contributed by atoms with Crippen molar-refractivity contribution in [2.24, 2.45) is 0 Å². The van der Waals surface area contributed by atoms with E-state index >= 15 is 0 Å². The molecule has 3 heterocycles. The maximum absolute atomic E-state index is 12.4. The molecule has 7 nitrogen and oxygen atoms in total. The summed E-state index contributed by atoms with van der Waals surface area (Å²) in [5, 5.41) is 9.34. The summed E-state index contributed by atoms with van der Waals surface area (Å²) >= 11 is 0.758. The molecule has 0 spiro atoms. The Morgan fingerprint density at radius 3 is 2.76 bits per heavy atom. The first kappa shape index (κ1) is 18.9. The first-order valence-corrected chi connectivity index (χ1v) is 9.68. The smallest absolute Gasteiger partial charge is 0.323 e. The van der Waals surface area contributed by atoms with Crippen LogP contribution in [0.15, 0.2) is 47.5 Å². The number of pyridine rings is 1. The molecule has 0 bridgehead atoms. The normalized spacial score (nSPS) is 15.7. The molecule has 2 aromatic heterocycles. The van der Waals surface area contributed by atoms with Crippen molar-refractivity contribution in [3.8, 4) is 5.69 Å². The molecule has 3 aromatic rings. The van der Waals surface area contributed by atoms with Gasteiger partial charge in [0, 0.05) is 28.7 Å². The molecule has 4 rings (SSSR count). The van der Waals surface area contributed by atoms with Crippen LogP contribution in [0.4, 0.5) is 4.79 Å². The number of amides is 2. The Balaban J connectivity index is 1.72. The summed E-state index contributed by atoms with van der Waals surface area (Å²) in [7, 11) is 0. The zero-order valence-corrected chi connectivity index (χ0v) is 16.6. The average molecular weight is 407 g/mol. The van der Waals surface area contributed by atoms with Gasteiger partial charge in [0.05, 0.1) is 10.4 Å². The number of rotatable bonds is 4. The largest absolute Gasteiger partial charge is 0.480 e. The number of aliphatic carboxylic acids is 1. The van der Waals surface area contributed by atoms with E-state index in [1.807, 2.05) is 50.2 Å². The van der Waals surface area contributed by atoms with Gasteiger partial charge in [-0.25, -0.2) is 0 Å². The number of carboxylic acid groups (broad SMARTS) is 1. The third-order valence-electron chi connectivity index (χ3n) is 4.77. The van der Waals surface area contributed by atoms with Gasteiger partial charge < -0.3 is 9.67 Å². The maximum atomic E-state index is 12.4. The highest BCUT2D eigenvalue weighted by molar-refractivity contribution is 8.18. The Kier molecular flexibility index (Phi) is 4.71. The fraction of sp³-hybridized carbons (Fsp3) is 0.143. The van der Waals surface area contributed by atoms with Gasteiger partial charge in [-0.05, 0) is 67.6 Å². The predicted octanol–water partition coefficient (Wildman–Crippen LogP) is 3.76. The van der Waals surface area contributed by atoms with Crippen LogP contribution in [-0.2, 0) is 9.59 Å². The minimum absolute atomic E-state index is 0.221. The number of thioether (sulfide) groups is 1. The number of imide groups is 1. The lowest BCUT2D eigenvalue weighted by molar-refractivity contribution is -0.140. The van der Waals surface area contributed by atoms with E-state index in [0.717, 1.165) is 50.2 Å². The van der Waals surface area contributed by atoms with Gasteiger partial charge in [0.15, 0.2) is 0 Å². The number of carbonyl (C=O) groups excluding carboxylic acids is 2. The van der Waals surface area contributed by atoms with Gasteiger partial charge in [0.25, 0.3) is 11.1 Å². The quantitative estimate of drug-likeness (QED) is 0.662. The van der Waals surface area contributed by atoms with Gasteiger partial charge >= 0.3 is 5.97 Å². The fourth-order valence-electron chi connectivity index (χ4n) is 3.45. The topological polar surface area (TPSA) is 92.5 Å². The first-order chi connectivity index (χ1) is 13.8. The Labute approximate surface area is 170 Å². The third-order valence-corrected chi connectivity index (χ3v) is 5.68. The Hall–Kier alpha value is -3.39. The number of aromatic nitrogens is 2. The van der Waals surface area contributed by atoms with Crippen molar-refractivity contribution >= 4 is 45.9 Å². The second-order valence-corrected chi connectivity index (χ2v) is 7.70. The van der Waals surface area contributed by atoms with E-state index in [4.69, 9.17) is 5.11 Å². The van der Waals surface area contributed by atoms with Crippen molar-refractivity contribution in [2.75, 3.05) is 6.54 Å². The van der Waals surface area contributed by atoms with E-state index in [1.54, 1.807) is 12.3 Å². The van der Waals surface area contributed by atoms with E-state index in [9.17, 15) is 14.4 Å². The summed E-state index contributed by atoms with van der Waals surface area (Å²) in [6, 6.07) is 11.8. The van der Waals surface area contributed by atoms with Gasteiger partial charge in [-0.3, -0.25) is 24.3 Å².